The molecule has 2 aliphatic rings. The first-order valence-electron chi connectivity index (χ1n) is 6.69. The van der Waals surface area contributed by atoms with Crippen LogP contribution in [0.2, 0.25) is 0 Å². The third kappa shape index (κ3) is 1.59. The summed E-state index contributed by atoms with van der Waals surface area (Å²) in [5.41, 5.74) is 4.67. The fraction of sp³-hybridized carbons (Fsp3) is 0.462. The molecular weight excluding hydrogens is 260 g/mol. The van der Waals surface area contributed by atoms with Gasteiger partial charge in [0.1, 0.15) is 12.0 Å². The van der Waals surface area contributed by atoms with Gasteiger partial charge in [-0.25, -0.2) is 0 Å². The topological polar surface area (TPSA) is 93.2 Å². The Bertz CT molecular complexity index is 688. The number of carboxylic acid groups (broad SMARTS) is 1. The number of aliphatic carboxylic acids is 1. The number of carboxylic acids is 1. The average molecular weight is 274 g/mol. The van der Waals surface area contributed by atoms with Crippen LogP contribution in [0.25, 0.3) is 11.4 Å². The first-order valence-corrected chi connectivity index (χ1v) is 6.69. The lowest BCUT2D eigenvalue weighted by molar-refractivity contribution is -0.142. The Kier molecular flexibility index (Phi) is 2.43. The van der Waals surface area contributed by atoms with Crippen LogP contribution >= 0.6 is 0 Å². The second-order valence-electron chi connectivity index (χ2n) is 5.31. The first-order chi connectivity index (χ1) is 9.74. The van der Waals surface area contributed by atoms with E-state index in [4.69, 9.17) is 4.52 Å². The minimum absolute atomic E-state index is 0.383. The van der Waals surface area contributed by atoms with Crippen molar-refractivity contribution in [2.75, 3.05) is 6.54 Å². The average Bonchev–Trinajstić information content (AvgIpc) is 2.98. The number of nitrogens with one attached hydrogen (secondary N) is 1. The highest BCUT2D eigenvalue weighted by molar-refractivity contribution is 5.73. The van der Waals surface area contributed by atoms with E-state index < -0.39 is 11.9 Å². The highest BCUT2D eigenvalue weighted by Gasteiger charge is 2.32. The van der Waals surface area contributed by atoms with Gasteiger partial charge in [-0.05, 0) is 6.42 Å². The van der Waals surface area contributed by atoms with E-state index in [1.54, 1.807) is 10.9 Å². The third-order valence-electron chi connectivity index (χ3n) is 4.05. The number of rotatable bonds is 1. The molecule has 0 bridgehead atoms. The van der Waals surface area contributed by atoms with Gasteiger partial charge in [0.05, 0.1) is 23.9 Å². The molecule has 20 heavy (non-hydrogen) atoms. The predicted octanol–water partition coefficient (Wildman–Crippen LogP) is 0.441. The molecule has 4 rings (SSSR count). The van der Waals surface area contributed by atoms with Crippen molar-refractivity contribution in [3.8, 4) is 11.4 Å². The Morgan fingerprint density at radius 3 is 3.30 bits per heavy atom. The zero-order chi connectivity index (χ0) is 13.7. The second kappa shape index (κ2) is 4.17. The Labute approximate surface area is 114 Å². The number of nitrogens with zero attached hydrogens (tertiary/aromatic N) is 3. The summed E-state index contributed by atoms with van der Waals surface area (Å²) in [6, 6.07) is 0. The van der Waals surface area contributed by atoms with Crippen molar-refractivity contribution in [2.45, 2.75) is 25.9 Å². The van der Waals surface area contributed by atoms with Gasteiger partial charge in [-0.1, -0.05) is 5.16 Å². The van der Waals surface area contributed by atoms with Gasteiger partial charge in [0.25, 0.3) is 0 Å². The lowest BCUT2D eigenvalue weighted by Gasteiger charge is -2.12. The first kappa shape index (κ1) is 11.7. The quantitative estimate of drug-likeness (QED) is 0.784. The van der Waals surface area contributed by atoms with Gasteiger partial charge in [-0.3, -0.25) is 9.48 Å². The monoisotopic (exact) mass is 274 g/mol. The van der Waals surface area contributed by atoms with Crippen LogP contribution in [-0.2, 0) is 30.7 Å². The predicted molar refractivity (Wildman–Crippen MR) is 68.0 cm³/mol. The number of fused-ring (bicyclic) bond motifs is 5. The molecule has 0 saturated heterocycles. The van der Waals surface area contributed by atoms with Crippen LogP contribution in [0.3, 0.4) is 0 Å². The van der Waals surface area contributed by atoms with Crippen molar-refractivity contribution in [1.82, 2.24) is 20.3 Å². The van der Waals surface area contributed by atoms with E-state index >= 15 is 0 Å². The molecule has 0 aliphatic carbocycles. The van der Waals surface area contributed by atoms with Crippen LogP contribution in [0.15, 0.2) is 10.8 Å². The number of carbonyl (C=O) groups is 1. The summed E-state index contributed by atoms with van der Waals surface area (Å²) in [5, 5.41) is 21.3. The normalized spacial score (nSPS) is 20.7. The van der Waals surface area contributed by atoms with Crippen LogP contribution < -0.4 is 5.32 Å². The van der Waals surface area contributed by atoms with E-state index in [0.717, 1.165) is 47.7 Å². The fourth-order valence-electron chi connectivity index (χ4n) is 3.05. The summed E-state index contributed by atoms with van der Waals surface area (Å²) in [4.78, 5) is 11.4. The van der Waals surface area contributed by atoms with Gasteiger partial charge < -0.3 is 14.9 Å². The minimum Gasteiger partial charge on any atom is -0.481 e. The van der Waals surface area contributed by atoms with Crippen molar-refractivity contribution in [2.24, 2.45) is 5.92 Å². The number of hydrogen-bond donors (Lipinski definition) is 2. The summed E-state index contributed by atoms with van der Waals surface area (Å²) < 4.78 is 6.86. The lowest BCUT2D eigenvalue weighted by Crippen LogP contribution is -2.23. The molecule has 0 saturated carbocycles. The van der Waals surface area contributed by atoms with Crippen LogP contribution in [0.4, 0.5) is 0 Å². The van der Waals surface area contributed by atoms with E-state index in [1.165, 1.54) is 0 Å². The minimum atomic E-state index is -0.809. The highest BCUT2D eigenvalue weighted by atomic mass is 16.5. The van der Waals surface area contributed by atoms with Crippen LogP contribution in [-0.4, -0.2) is 32.6 Å². The van der Waals surface area contributed by atoms with Crippen molar-refractivity contribution >= 4 is 5.97 Å². The molecule has 2 N–H and O–H groups in total. The zero-order valence-electron chi connectivity index (χ0n) is 10.8. The van der Waals surface area contributed by atoms with E-state index in [9.17, 15) is 9.90 Å². The summed E-state index contributed by atoms with van der Waals surface area (Å²) in [7, 11) is 0. The summed E-state index contributed by atoms with van der Waals surface area (Å²) in [6.07, 6.45) is 2.84. The van der Waals surface area contributed by atoms with Gasteiger partial charge >= 0.3 is 5.97 Å². The van der Waals surface area contributed by atoms with Crippen LogP contribution in [0.1, 0.15) is 16.8 Å². The smallest absolute Gasteiger partial charge is 0.308 e. The summed E-state index contributed by atoms with van der Waals surface area (Å²) in [5.74, 6) is -1.31. The molecule has 7 nitrogen and oxygen atoms in total. The molecule has 0 radical (unpaired) electrons. The molecule has 0 amide bonds. The van der Waals surface area contributed by atoms with Gasteiger partial charge in [-0.15, -0.1) is 0 Å². The standard InChI is InChI=1S/C13H14N4O3/c18-13(19)7-3-8-6-20-16-11(8)12-9-4-14-2-1-10(9)15-17(12)5-7/h6-7,14H,1-5H2,(H,18,19). The molecular formula is C13H14N4O3. The fourth-order valence-corrected chi connectivity index (χ4v) is 3.05. The van der Waals surface area contributed by atoms with Gasteiger partial charge in [0.2, 0.25) is 0 Å². The lowest BCUT2D eigenvalue weighted by atomic mass is 9.99. The molecule has 0 spiro atoms. The molecule has 4 heterocycles. The van der Waals surface area contributed by atoms with Crippen molar-refractivity contribution in [3.63, 3.8) is 0 Å². The second-order valence-corrected chi connectivity index (χ2v) is 5.31. The van der Waals surface area contributed by atoms with E-state index in [0.29, 0.717) is 13.0 Å². The van der Waals surface area contributed by atoms with Gasteiger partial charge in [0.15, 0.2) is 0 Å². The summed E-state index contributed by atoms with van der Waals surface area (Å²) >= 11 is 0. The molecule has 2 aromatic rings. The molecule has 1 unspecified atom stereocenters. The molecule has 2 aromatic heterocycles. The van der Waals surface area contributed by atoms with Gasteiger partial charge in [-0.2, -0.15) is 5.10 Å². The Balaban J connectivity index is 1.93. The Morgan fingerprint density at radius 2 is 2.45 bits per heavy atom. The van der Waals surface area contributed by atoms with E-state index in [1.807, 2.05) is 0 Å². The van der Waals surface area contributed by atoms with Crippen molar-refractivity contribution < 1.29 is 14.4 Å². The maximum Gasteiger partial charge on any atom is 0.308 e. The Hall–Kier alpha value is -2.15. The van der Waals surface area contributed by atoms with E-state index in [-0.39, 0.29) is 0 Å². The number of aromatic nitrogens is 3. The highest BCUT2D eigenvalue weighted by Crippen LogP contribution is 2.34. The molecule has 1 atom stereocenters. The SMILES string of the molecule is O=C(O)C1Cc2conc2-c2c3c(nn2C1)CCNC3. The Morgan fingerprint density at radius 1 is 1.55 bits per heavy atom. The molecule has 104 valence electrons. The summed E-state index contributed by atoms with van der Waals surface area (Å²) in [6.45, 7) is 2.03. The largest absolute Gasteiger partial charge is 0.481 e. The van der Waals surface area contributed by atoms with Gasteiger partial charge in [0, 0.05) is 30.6 Å². The van der Waals surface area contributed by atoms with Crippen LogP contribution in [0.5, 0.6) is 0 Å². The van der Waals surface area contributed by atoms with Crippen molar-refractivity contribution in [3.05, 3.63) is 23.1 Å². The molecule has 0 fully saturated rings. The third-order valence-corrected chi connectivity index (χ3v) is 4.05. The maximum atomic E-state index is 11.4. The molecule has 0 aromatic carbocycles. The zero-order valence-corrected chi connectivity index (χ0v) is 10.8. The molecule has 2 aliphatic heterocycles. The van der Waals surface area contributed by atoms with Crippen LogP contribution in [0, 0.1) is 5.92 Å². The number of hydrogen-bond acceptors (Lipinski definition) is 5. The van der Waals surface area contributed by atoms with E-state index in [2.05, 4.69) is 15.6 Å². The van der Waals surface area contributed by atoms with Crippen molar-refractivity contribution in [1.29, 1.82) is 0 Å². The maximum absolute atomic E-state index is 11.4. The molecule has 7 heteroatoms.